The molecule has 18 heavy (non-hydrogen) atoms. The summed E-state index contributed by atoms with van der Waals surface area (Å²) in [4.78, 5) is 4.36. The van der Waals surface area contributed by atoms with Crippen LogP contribution in [0.25, 0.3) is 11.1 Å². The molecule has 0 bridgehead atoms. The van der Waals surface area contributed by atoms with E-state index in [1.165, 1.54) is 5.56 Å². The van der Waals surface area contributed by atoms with E-state index in [2.05, 4.69) is 24.0 Å². The number of hydrogen-bond acceptors (Lipinski definition) is 2. The number of para-hydroxylation sites is 1. The van der Waals surface area contributed by atoms with Crippen LogP contribution < -0.4 is 4.74 Å². The van der Waals surface area contributed by atoms with Gasteiger partial charge in [-0.15, -0.1) is 0 Å². The monoisotopic (exact) mass is 348 g/mol. The van der Waals surface area contributed by atoms with E-state index >= 15 is 0 Å². The molecule has 1 heterocycles. The number of rotatable bonds is 3. The average Bonchev–Trinajstić information content (AvgIpc) is 2.31. The summed E-state index contributed by atoms with van der Waals surface area (Å²) in [5, 5.41) is 0. The molecule has 2 aromatic rings. The predicted octanol–water partition coefficient (Wildman–Crippen LogP) is 3.12. The average molecular weight is 347 g/mol. The first-order valence-corrected chi connectivity index (χ1v) is 5.88. The van der Waals surface area contributed by atoms with E-state index < -0.39 is 0 Å². The number of ether oxygens (including phenoxy) is 1. The molecule has 0 N–H and O–H groups in total. The Kier molecular flexibility index (Phi) is 5.66. The van der Waals surface area contributed by atoms with Crippen molar-refractivity contribution in [1.82, 2.24) is 4.98 Å². The first kappa shape index (κ1) is 15.0. The maximum atomic E-state index is 5.65. The standard InChI is InChI=1S/C15H17NO.Sn.H/c1-4-17-15-8-6-5-7-13(15)14-10-16-12(3)9-11(14)2;;/h5-10H,4H2,1-3H3;;. The molecule has 0 saturated heterocycles. The molecule has 0 aliphatic heterocycles. The molecule has 0 aliphatic rings. The molecule has 0 fully saturated rings. The Morgan fingerprint density at radius 3 is 2.50 bits per heavy atom. The Balaban J connectivity index is 0.00000162. The quantitative estimate of drug-likeness (QED) is 0.797. The van der Waals surface area contributed by atoms with Crippen LogP contribution in [0.3, 0.4) is 0 Å². The van der Waals surface area contributed by atoms with Crippen LogP contribution in [0.4, 0.5) is 0 Å². The molecule has 0 atom stereocenters. The third-order valence-corrected chi connectivity index (χ3v) is 2.72. The number of benzene rings is 1. The van der Waals surface area contributed by atoms with Crippen molar-refractivity contribution < 1.29 is 4.74 Å². The minimum absolute atomic E-state index is 0. The second kappa shape index (κ2) is 6.78. The van der Waals surface area contributed by atoms with Crippen LogP contribution in [0.1, 0.15) is 18.2 Å². The zero-order valence-electron chi connectivity index (χ0n) is 11.1. The van der Waals surface area contributed by atoms with Crippen molar-refractivity contribution in [2.45, 2.75) is 20.8 Å². The fourth-order valence-electron chi connectivity index (χ4n) is 1.95. The molecular formula is C15H18NOSn. The fraction of sp³-hybridized carbons (Fsp3) is 0.267. The zero-order chi connectivity index (χ0) is 12.3. The Hall–Kier alpha value is -1.03. The number of aromatic nitrogens is 1. The summed E-state index contributed by atoms with van der Waals surface area (Å²) in [6.45, 7) is 6.78. The molecule has 3 heteroatoms. The van der Waals surface area contributed by atoms with Gasteiger partial charge >= 0.3 is 23.9 Å². The van der Waals surface area contributed by atoms with Crippen LogP contribution in [0, 0.1) is 13.8 Å². The van der Waals surface area contributed by atoms with Crippen molar-refractivity contribution in [1.29, 1.82) is 0 Å². The molecule has 0 amide bonds. The number of nitrogens with zero attached hydrogens (tertiary/aromatic N) is 1. The Morgan fingerprint density at radius 2 is 1.83 bits per heavy atom. The molecule has 0 aliphatic carbocycles. The predicted molar refractivity (Wildman–Crippen MR) is 77.5 cm³/mol. The maximum absolute atomic E-state index is 5.65. The second-order valence-electron chi connectivity index (χ2n) is 4.07. The van der Waals surface area contributed by atoms with Crippen molar-refractivity contribution in [3.8, 4) is 16.9 Å². The molecule has 2 rings (SSSR count). The van der Waals surface area contributed by atoms with Crippen LogP contribution in [0.15, 0.2) is 36.5 Å². The van der Waals surface area contributed by atoms with Crippen LogP contribution >= 0.6 is 0 Å². The Morgan fingerprint density at radius 1 is 1.11 bits per heavy atom. The van der Waals surface area contributed by atoms with E-state index in [9.17, 15) is 0 Å². The summed E-state index contributed by atoms with van der Waals surface area (Å²) >= 11 is 0. The van der Waals surface area contributed by atoms with E-state index in [1.807, 2.05) is 38.2 Å². The van der Waals surface area contributed by atoms with Crippen LogP contribution in [-0.4, -0.2) is 35.5 Å². The molecule has 0 unspecified atom stereocenters. The van der Waals surface area contributed by atoms with Gasteiger partial charge in [0.2, 0.25) is 0 Å². The van der Waals surface area contributed by atoms with Crippen molar-refractivity contribution in [3.05, 3.63) is 47.8 Å². The number of aryl methyl sites for hydroxylation is 2. The van der Waals surface area contributed by atoms with E-state index in [0.29, 0.717) is 6.61 Å². The third kappa shape index (κ3) is 3.25. The van der Waals surface area contributed by atoms with Crippen molar-refractivity contribution in [3.63, 3.8) is 0 Å². The van der Waals surface area contributed by atoms with Gasteiger partial charge in [-0.25, -0.2) is 0 Å². The molecule has 1 aromatic heterocycles. The summed E-state index contributed by atoms with van der Waals surface area (Å²) in [6.07, 6.45) is 1.92. The normalized spacial score (nSPS) is 9.72. The molecular weight excluding hydrogens is 329 g/mol. The van der Waals surface area contributed by atoms with Gasteiger partial charge in [-0.2, -0.15) is 0 Å². The minimum atomic E-state index is 0. The summed E-state index contributed by atoms with van der Waals surface area (Å²) < 4.78 is 5.65. The Bertz CT molecular complexity index is 526. The van der Waals surface area contributed by atoms with Crippen LogP contribution in [0.2, 0.25) is 0 Å². The van der Waals surface area contributed by atoms with Gasteiger partial charge in [0.15, 0.2) is 0 Å². The van der Waals surface area contributed by atoms with Crippen LogP contribution in [-0.2, 0) is 0 Å². The van der Waals surface area contributed by atoms with Gasteiger partial charge in [-0.05, 0) is 38.5 Å². The van der Waals surface area contributed by atoms with Gasteiger partial charge in [0.25, 0.3) is 0 Å². The third-order valence-electron chi connectivity index (χ3n) is 2.72. The van der Waals surface area contributed by atoms with E-state index in [1.54, 1.807) is 0 Å². The number of pyridine rings is 1. The zero-order valence-corrected chi connectivity index (χ0v) is 14.4. The van der Waals surface area contributed by atoms with Crippen molar-refractivity contribution >= 4 is 23.9 Å². The fourth-order valence-corrected chi connectivity index (χ4v) is 1.95. The molecule has 93 valence electrons. The van der Waals surface area contributed by atoms with Gasteiger partial charge in [0, 0.05) is 23.0 Å². The van der Waals surface area contributed by atoms with Crippen molar-refractivity contribution in [2.75, 3.05) is 6.61 Å². The van der Waals surface area contributed by atoms with E-state index in [0.717, 1.165) is 22.6 Å². The molecule has 2 nitrogen and oxygen atoms in total. The van der Waals surface area contributed by atoms with E-state index in [4.69, 9.17) is 4.74 Å². The van der Waals surface area contributed by atoms with Gasteiger partial charge in [0.05, 0.1) is 6.61 Å². The summed E-state index contributed by atoms with van der Waals surface area (Å²) in [5.74, 6) is 0.920. The molecule has 3 radical (unpaired) electrons. The van der Waals surface area contributed by atoms with Crippen molar-refractivity contribution in [2.24, 2.45) is 0 Å². The van der Waals surface area contributed by atoms with E-state index in [-0.39, 0.29) is 23.9 Å². The summed E-state index contributed by atoms with van der Waals surface area (Å²) in [5.41, 5.74) is 4.52. The SMILES string of the molecule is CCOc1ccccc1-c1cnc(C)cc1C.[SnH]. The molecule has 0 saturated carbocycles. The topological polar surface area (TPSA) is 22.1 Å². The molecule has 1 aromatic carbocycles. The Labute approximate surface area is 125 Å². The summed E-state index contributed by atoms with van der Waals surface area (Å²) in [6, 6.07) is 10.2. The van der Waals surface area contributed by atoms with Gasteiger partial charge in [0.1, 0.15) is 5.75 Å². The van der Waals surface area contributed by atoms with Gasteiger partial charge < -0.3 is 4.74 Å². The second-order valence-corrected chi connectivity index (χ2v) is 4.07. The number of hydrogen-bond donors (Lipinski definition) is 0. The van der Waals surface area contributed by atoms with Gasteiger partial charge in [-0.1, -0.05) is 18.2 Å². The summed E-state index contributed by atoms with van der Waals surface area (Å²) in [7, 11) is 0. The first-order valence-electron chi connectivity index (χ1n) is 5.88. The van der Waals surface area contributed by atoms with Gasteiger partial charge in [-0.3, -0.25) is 4.98 Å². The van der Waals surface area contributed by atoms with Crippen LogP contribution in [0.5, 0.6) is 5.75 Å². The molecule has 0 spiro atoms. The first-order chi connectivity index (χ1) is 8.22.